The molecule has 1 heteroatoms. The summed E-state index contributed by atoms with van der Waals surface area (Å²) >= 11 is 0. The van der Waals surface area contributed by atoms with Crippen molar-refractivity contribution in [3.63, 3.8) is 0 Å². The van der Waals surface area contributed by atoms with Crippen LogP contribution in [0.3, 0.4) is 0 Å². The molecule has 0 bridgehead atoms. The van der Waals surface area contributed by atoms with Crippen molar-refractivity contribution in [1.82, 2.24) is 4.90 Å². The van der Waals surface area contributed by atoms with E-state index in [1.807, 2.05) is 6.08 Å². The number of hydrogen-bond donors (Lipinski definition) is 0. The fourth-order valence-electron chi connectivity index (χ4n) is 1.09. The van der Waals surface area contributed by atoms with Gasteiger partial charge in [0.25, 0.3) is 0 Å². The van der Waals surface area contributed by atoms with E-state index in [-0.39, 0.29) is 0 Å². The van der Waals surface area contributed by atoms with Gasteiger partial charge in [0.2, 0.25) is 0 Å². The van der Waals surface area contributed by atoms with Gasteiger partial charge in [0.15, 0.2) is 0 Å². The van der Waals surface area contributed by atoms with E-state index < -0.39 is 0 Å². The smallest absolute Gasteiger partial charge is 0.0227 e. The topological polar surface area (TPSA) is 3.24 Å². The molecule has 0 fully saturated rings. The summed E-state index contributed by atoms with van der Waals surface area (Å²) in [5, 5.41) is 0. The van der Waals surface area contributed by atoms with Gasteiger partial charge in [-0.2, -0.15) is 0 Å². The van der Waals surface area contributed by atoms with Crippen molar-refractivity contribution in [1.29, 1.82) is 0 Å². The van der Waals surface area contributed by atoms with Crippen LogP contribution in [0.15, 0.2) is 37.5 Å². The van der Waals surface area contributed by atoms with E-state index >= 15 is 0 Å². The Kier molecular flexibility index (Phi) is 13.6. The Bertz CT molecular complexity index is 159. The van der Waals surface area contributed by atoms with Crippen LogP contribution in [-0.2, 0) is 0 Å². The van der Waals surface area contributed by atoms with Crippen LogP contribution in [-0.4, -0.2) is 25.0 Å². The van der Waals surface area contributed by atoms with Crippen molar-refractivity contribution < 1.29 is 0 Å². The summed E-state index contributed by atoms with van der Waals surface area (Å²) in [7, 11) is 2.16. The highest BCUT2D eigenvalue weighted by atomic mass is 15.1. The van der Waals surface area contributed by atoms with Gasteiger partial charge in [-0.3, -0.25) is 0 Å². The molecule has 0 amide bonds. The third kappa shape index (κ3) is 9.27. The number of likely N-dealkylation sites (N-methyl/N-ethyl adjacent to an activating group) is 1. The maximum absolute atomic E-state index is 3.77. The van der Waals surface area contributed by atoms with Crippen LogP contribution in [0.2, 0.25) is 0 Å². The fourth-order valence-corrected chi connectivity index (χ4v) is 1.09. The number of unbranched alkanes of at least 4 members (excludes halogenated alkanes) is 1. The zero-order valence-electron chi connectivity index (χ0n) is 10.1. The largest absolute Gasteiger partial charge is 0.302 e. The molecule has 0 aliphatic carbocycles. The highest BCUT2D eigenvalue weighted by molar-refractivity contribution is 5.16. The van der Waals surface area contributed by atoms with E-state index in [0.29, 0.717) is 0 Å². The highest BCUT2D eigenvalue weighted by Gasteiger charge is 1.97. The van der Waals surface area contributed by atoms with Gasteiger partial charge in [-0.1, -0.05) is 32.1 Å². The summed E-state index contributed by atoms with van der Waals surface area (Å²) in [5.41, 5.74) is 1.31. The number of allylic oxidation sites excluding steroid dienone is 1. The van der Waals surface area contributed by atoms with E-state index in [0.717, 1.165) is 6.54 Å². The Morgan fingerprint density at radius 2 is 1.93 bits per heavy atom. The minimum atomic E-state index is 1.03. The molecule has 0 spiro atoms. The number of nitrogens with zero attached hydrogens (tertiary/aromatic N) is 1. The zero-order valence-corrected chi connectivity index (χ0v) is 10.1. The molecule has 0 rings (SSSR count). The second-order valence-corrected chi connectivity index (χ2v) is 3.16. The molecule has 0 radical (unpaired) electrons. The zero-order chi connectivity index (χ0) is 11.4. The van der Waals surface area contributed by atoms with Crippen LogP contribution in [0.25, 0.3) is 0 Å². The molecular weight excluding hydrogens is 170 g/mol. The van der Waals surface area contributed by atoms with Gasteiger partial charge in [-0.15, -0.1) is 13.2 Å². The van der Waals surface area contributed by atoms with Crippen molar-refractivity contribution >= 4 is 0 Å². The third-order valence-electron chi connectivity index (χ3n) is 1.98. The highest BCUT2D eigenvalue weighted by Crippen LogP contribution is 1.99. The van der Waals surface area contributed by atoms with Crippen molar-refractivity contribution in [3.8, 4) is 0 Å². The molecule has 0 aromatic heterocycles. The maximum atomic E-state index is 3.77. The van der Waals surface area contributed by atoms with E-state index in [2.05, 4.69) is 51.6 Å². The molecule has 0 heterocycles. The lowest BCUT2D eigenvalue weighted by Gasteiger charge is -2.16. The summed E-state index contributed by atoms with van der Waals surface area (Å²) in [5.74, 6) is 0. The van der Waals surface area contributed by atoms with Crippen LogP contribution in [0.1, 0.15) is 26.7 Å². The standard InChI is InChI=1S/C11H21N.C2H4/c1-5-8-9-12(4)10-11(6-2)7-3;1-2/h6-7H,2,5,8-10H2,1,3-4H3;1-2H2/b11-7+;. The van der Waals surface area contributed by atoms with Gasteiger partial charge in [0.1, 0.15) is 0 Å². The third-order valence-corrected chi connectivity index (χ3v) is 1.98. The molecular formula is C13H25N. The summed E-state index contributed by atoms with van der Waals surface area (Å²) in [6.07, 6.45) is 6.60. The molecule has 1 nitrogen and oxygen atoms in total. The molecule has 0 unspecified atom stereocenters. The molecule has 0 aliphatic heterocycles. The van der Waals surface area contributed by atoms with E-state index in [4.69, 9.17) is 0 Å². The summed E-state index contributed by atoms with van der Waals surface area (Å²) in [6, 6.07) is 0. The average molecular weight is 195 g/mol. The quantitative estimate of drug-likeness (QED) is 0.462. The maximum Gasteiger partial charge on any atom is 0.0227 e. The molecule has 0 atom stereocenters. The summed E-state index contributed by atoms with van der Waals surface area (Å²) in [6.45, 7) is 16.3. The van der Waals surface area contributed by atoms with Crippen LogP contribution in [0.5, 0.6) is 0 Å². The first-order chi connectivity index (χ1) is 6.74. The molecule has 0 saturated heterocycles. The Morgan fingerprint density at radius 3 is 2.29 bits per heavy atom. The molecule has 14 heavy (non-hydrogen) atoms. The van der Waals surface area contributed by atoms with Crippen LogP contribution >= 0.6 is 0 Å². The molecule has 0 aromatic rings. The number of hydrogen-bond acceptors (Lipinski definition) is 1. The van der Waals surface area contributed by atoms with E-state index in [9.17, 15) is 0 Å². The predicted octanol–water partition coefficient (Wildman–Crippen LogP) is 3.65. The monoisotopic (exact) mass is 195 g/mol. The Morgan fingerprint density at radius 1 is 1.36 bits per heavy atom. The van der Waals surface area contributed by atoms with Gasteiger partial charge in [-0.05, 0) is 32.5 Å². The predicted molar refractivity (Wildman–Crippen MR) is 67.6 cm³/mol. The Balaban J connectivity index is 0. The minimum Gasteiger partial charge on any atom is -0.302 e. The molecule has 82 valence electrons. The molecule has 0 saturated carbocycles. The lowest BCUT2D eigenvalue weighted by atomic mass is 10.2. The molecule has 0 N–H and O–H groups in total. The molecule has 0 aromatic carbocycles. The van der Waals surface area contributed by atoms with Crippen molar-refractivity contribution in [2.75, 3.05) is 20.1 Å². The van der Waals surface area contributed by atoms with Crippen LogP contribution in [0.4, 0.5) is 0 Å². The van der Waals surface area contributed by atoms with E-state index in [1.54, 1.807) is 0 Å². The Hall–Kier alpha value is -0.820. The second-order valence-electron chi connectivity index (χ2n) is 3.16. The lowest BCUT2D eigenvalue weighted by Crippen LogP contribution is -2.21. The van der Waals surface area contributed by atoms with Crippen LogP contribution < -0.4 is 0 Å². The van der Waals surface area contributed by atoms with Gasteiger partial charge >= 0.3 is 0 Å². The first-order valence-corrected chi connectivity index (χ1v) is 5.20. The second kappa shape index (κ2) is 12.2. The minimum absolute atomic E-state index is 1.03. The average Bonchev–Trinajstić information content (AvgIpc) is 2.25. The summed E-state index contributed by atoms with van der Waals surface area (Å²) < 4.78 is 0. The number of rotatable bonds is 6. The fraction of sp³-hybridized carbons (Fsp3) is 0.538. The lowest BCUT2D eigenvalue weighted by molar-refractivity contribution is 0.357. The summed E-state index contributed by atoms with van der Waals surface area (Å²) in [4.78, 5) is 2.33. The van der Waals surface area contributed by atoms with Gasteiger partial charge in [0, 0.05) is 6.54 Å². The van der Waals surface area contributed by atoms with Crippen molar-refractivity contribution in [2.45, 2.75) is 26.7 Å². The van der Waals surface area contributed by atoms with Crippen molar-refractivity contribution in [2.24, 2.45) is 0 Å². The van der Waals surface area contributed by atoms with Gasteiger partial charge < -0.3 is 4.90 Å². The SMILES string of the molecule is C=C.C=C/C(=C\C)CN(C)CCCC. The first kappa shape index (κ1) is 15.6. The first-order valence-electron chi connectivity index (χ1n) is 5.20. The Labute approximate surface area is 89.8 Å². The molecule has 0 aliphatic rings. The van der Waals surface area contributed by atoms with Crippen LogP contribution in [0, 0.1) is 0 Å². The van der Waals surface area contributed by atoms with E-state index in [1.165, 1.54) is 25.0 Å². The van der Waals surface area contributed by atoms with Crippen molar-refractivity contribution in [3.05, 3.63) is 37.5 Å². The van der Waals surface area contributed by atoms with Gasteiger partial charge in [0.05, 0.1) is 0 Å². The van der Waals surface area contributed by atoms with Gasteiger partial charge in [-0.25, -0.2) is 0 Å². The normalized spacial score (nSPS) is 10.7.